The van der Waals surface area contributed by atoms with Gasteiger partial charge in [-0.3, -0.25) is 4.98 Å². The van der Waals surface area contributed by atoms with Crippen molar-refractivity contribution >= 4 is 17.5 Å². The lowest BCUT2D eigenvalue weighted by Gasteiger charge is -2.41. The molecule has 5 rings (SSSR count). The zero-order chi connectivity index (χ0) is 32.7. The maximum atomic E-state index is 12.8. The van der Waals surface area contributed by atoms with Crippen LogP contribution in [-0.2, 0) is 22.5 Å². The molecule has 2 aromatic heterocycles. The standard InChI is InChI=1S/C36H49N5O4/c1-10-44-29-20-28(38-24(4)39-29)41-16-13-25-19-26(11-12-27(25)21-41)30-22(2)37-23(3)31(33(34(42)43)45-35(5,6)7)32(30)40-17-14-36(8,9)15-18-40/h11-12,19-20,33H,10,13-18,21H2,1-9H3,(H,42,43)/t33-/m0/s1. The van der Waals surface area contributed by atoms with Gasteiger partial charge in [0.2, 0.25) is 5.88 Å². The highest BCUT2D eigenvalue weighted by atomic mass is 16.5. The average molecular weight is 616 g/mol. The first kappa shape index (κ1) is 32.7. The van der Waals surface area contributed by atoms with Gasteiger partial charge in [0.15, 0.2) is 6.10 Å². The predicted molar refractivity (Wildman–Crippen MR) is 178 cm³/mol. The number of aromatic nitrogens is 3. The molecule has 9 nitrogen and oxygen atoms in total. The van der Waals surface area contributed by atoms with Crippen molar-refractivity contribution in [2.75, 3.05) is 36.0 Å². The monoisotopic (exact) mass is 615 g/mol. The minimum atomic E-state index is -1.13. The Balaban J connectivity index is 1.59. The van der Waals surface area contributed by atoms with Crippen molar-refractivity contribution in [1.29, 1.82) is 0 Å². The van der Waals surface area contributed by atoms with Gasteiger partial charge in [-0.15, -0.1) is 0 Å². The highest BCUT2D eigenvalue weighted by Gasteiger charge is 2.36. The van der Waals surface area contributed by atoms with Crippen LogP contribution in [0.15, 0.2) is 24.3 Å². The minimum Gasteiger partial charge on any atom is -0.479 e. The van der Waals surface area contributed by atoms with Crippen molar-refractivity contribution in [1.82, 2.24) is 15.0 Å². The molecule has 0 bridgehead atoms. The summed E-state index contributed by atoms with van der Waals surface area (Å²) >= 11 is 0. The molecule has 1 aromatic carbocycles. The zero-order valence-electron chi connectivity index (χ0n) is 28.5. The molecule has 4 heterocycles. The number of aryl methyl sites for hydroxylation is 3. The number of hydrogen-bond acceptors (Lipinski definition) is 8. The highest BCUT2D eigenvalue weighted by molar-refractivity contribution is 5.88. The molecule has 2 aliphatic rings. The number of carboxylic acids is 1. The largest absolute Gasteiger partial charge is 0.479 e. The van der Waals surface area contributed by atoms with Crippen LogP contribution in [0, 0.1) is 26.2 Å². The van der Waals surface area contributed by atoms with Crippen LogP contribution in [-0.4, -0.2) is 57.9 Å². The molecule has 0 amide bonds. The number of carbonyl (C=O) groups is 1. The Kier molecular flexibility index (Phi) is 9.13. The first-order chi connectivity index (χ1) is 21.2. The summed E-state index contributed by atoms with van der Waals surface area (Å²) in [6.07, 6.45) is 1.78. The molecule has 0 spiro atoms. The summed E-state index contributed by atoms with van der Waals surface area (Å²) in [4.78, 5) is 31.6. The number of fused-ring (bicyclic) bond motifs is 1. The van der Waals surface area contributed by atoms with Crippen LogP contribution < -0.4 is 14.5 Å². The average Bonchev–Trinajstić information content (AvgIpc) is 2.95. The summed E-state index contributed by atoms with van der Waals surface area (Å²) in [7, 11) is 0. The summed E-state index contributed by atoms with van der Waals surface area (Å²) in [5, 5.41) is 10.5. The maximum absolute atomic E-state index is 12.8. The van der Waals surface area contributed by atoms with Crippen LogP contribution in [0.2, 0.25) is 0 Å². The number of ether oxygens (including phenoxy) is 2. The molecular weight excluding hydrogens is 566 g/mol. The van der Waals surface area contributed by atoms with E-state index < -0.39 is 17.7 Å². The van der Waals surface area contributed by atoms with Gasteiger partial charge in [-0.2, -0.15) is 4.98 Å². The van der Waals surface area contributed by atoms with Crippen LogP contribution in [0.25, 0.3) is 11.1 Å². The van der Waals surface area contributed by atoms with E-state index in [-0.39, 0.29) is 5.41 Å². The van der Waals surface area contributed by atoms with Crippen LogP contribution in [0.3, 0.4) is 0 Å². The minimum absolute atomic E-state index is 0.241. The molecule has 0 unspecified atom stereocenters. The SMILES string of the molecule is CCOc1cc(N2CCc3cc(-c4c(C)nc(C)c([C@H](OC(C)(C)C)C(=O)O)c4N4CCC(C)(C)CC4)ccc3C2)nc(C)n1. The molecule has 2 aliphatic heterocycles. The van der Waals surface area contributed by atoms with Crippen LogP contribution in [0.1, 0.15) is 94.4 Å². The maximum Gasteiger partial charge on any atom is 0.337 e. The lowest BCUT2D eigenvalue weighted by Crippen LogP contribution is -2.39. The Labute approximate surface area is 268 Å². The number of rotatable bonds is 8. The topological polar surface area (TPSA) is 101 Å². The summed E-state index contributed by atoms with van der Waals surface area (Å²) in [6, 6.07) is 8.57. The molecule has 1 fully saturated rings. The van der Waals surface area contributed by atoms with Crippen molar-refractivity contribution in [2.24, 2.45) is 5.41 Å². The Morgan fingerprint density at radius 2 is 1.69 bits per heavy atom. The second-order valence-electron chi connectivity index (χ2n) is 14.2. The van der Waals surface area contributed by atoms with Crippen molar-refractivity contribution in [3.8, 4) is 17.0 Å². The highest BCUT2D eigenvalue weighted by Crippen LogP contribution is 2.45. The zero-order valence-corrected chi connectivity index (χ0v) is 28.5. The van der Waals surface area contributed by atoms with E-state index >= 15 is 0 Å². The molecular formula is C36H49N5O4. The molecule has 9 heteroatoms. The first-order valence-corrected chi connectivity index (χ1v) is 16.2. The number of pyridine rings is 1. The van der Waals surface area contributed by atoms with Crippen molar-refractivity contribution < 1.29 is 19.4 Å². The Hall–Kier alpha value is -3.72. The van der Waals surface area contributed by atoms with Gasteiger partial charge < -0.3 is 24.4 Å². The van der Waals surface area contributed by atoms with Crippen LogP contribution in [0.4, 0.5) is 11.5 Å². The molecule has 1 saturated heterocycles. The van der Waals surface area contributed by atoms with Crippen molar-refractivity contribution in [3.05, 3.63) is 58.2 Å². The first-order valence-electron chi connectivity index (χ1n) is 16.2. The van der Waals surface area contributed by atoms with Gasteiger partial charge in [0.25, 0.3) is 0 Å². The normalized spacial score (nSPS) is 17.2. The van der Waals surface area contributed by atoms with E-state index in [1.807, 2.05) is 54.5 Å². The van der Waals surface area contributed by atoms with E-state index in [9.17, 15) is 9.90 Å². The molecule has 0 radical (unpaired) electrons. The van der Waals surface area contributed by atoms with Crippen LogP contribution in [0.5, 0.6) is 5.88 Å². The molecule has 242 valence electrons. The third-order valence-corrected chi connectivity index (χ3v) is 8.89. The third-order valence-electron chi connectivity index (χ3n) is 8.89. The van der Waals surface area contributed by atoms with E-state index in [2.05, 4.69) is 46.8 Å². The van der Waals surface area contributed by atoms with E-state index in [1.54, 1.807) is 0 Å². The lowest BCUT2D eigenvalue weighted by atomic mass is 9.81. The second kappa shape index (κ2) is 12.6. The fourth-order valence-electron chi connectivity index (χ4n) is 6.57. The van der Waals surface area contributed by atoms with Gasteiger partial charge in [0.05, 0.1) is 17.9 Å². The van der Waals surface area contributed by atoms with Gasteiger partial charge in [0, 0.05) is 54.8 Å². The Bertz CT molecular complexity index is 1570. The van der Waals surface area contributed by atoms with Gasteiger partial charge in [-0.25, -0.2) is 9.78 Å². The molecule has 1 N–H and O–H groups in total. The van der Waals surface area contributed by atoms with Gasteiger partial charge in [-0.1, -0.05) is 32.0 Å². The fourth-order valence-corrected chi connectivity index (χ4v) is 6.57. The molecule has 3 aromatic rings. The number of anilines is 2. The number of nitrogens with zero attached hydrogens (tertiary/aromatic N) is 5. The third kappa shape index (κ3) is 7.24. The summed E-state index contributed by atoms with van der Waals surface area (Å²) in [6.45, 7) is 21.9. The van der Waals surface area contributed by atoms with E-state index in [0.29, 0.717) is 29.6 Å². The van der Waals surface area contributed by atoms with Gasteiger partial charge in [0.1, 0.15) is 11.6 Å². The predicted octanol–water partition coefficient (Wildman–Crippen LogP) is 6.99. The van der Waals surface area contributed by atoms with Crippen molar-refractivity contribution in [2.45, 2.75) is 99.8 Å². The Morgan fingerprint density at radius 3 is 2.33 bits per heavy atom. The van der Waals surface area contributed by atoms with Gasteiger partial charge >= 0.3 is 5.97 Å². The second-order valence-corrected chi connectivity index (χ2v) is 14.2. The molecule has 0 saturated carbocycles. The van der Waals surface area contributed by atoms with Crippen molar-refractivity contribution in [3.63, 3.8) is 0 Å². The summed E-state index contributed by atoms with van der Waals surface area (Å²) < 4.78 is 11.9. The van der Waals surface area contributed by atoms with E-state index in [0.717, 1.165) is 73.8 Å². The summed E-state index contributed by atoms with van der Waals surface area (Å²) in [5.41, 5.74) is 7.39. The summed E-state index contributed by atoms with van der Waals surface area (Å²) in [5.74, 6) is 1.17. The number of benzene rings is 1. The van der Waals surface area contributed by atoms with Gasteiger partial charge in [-0.05, 0) is 89.8 Å². The number of hydrogen-bond donors (Lipinski definition) is 1. The smallest absolute Gasteiger partial charge is 0.337 e. The Morgan fingerprint density at radius 1 is 0.978 bits per heavy atom. The number of piperidine rings is 1. The molecule has 0 aliphatic carbocycles. The number of aliphatic carboxylic acids is 1. The lowest BCUT2D eigenvalue weighted by molar-refractivity contribution is -0.160. The fraction of sp³-hybridized carbons (Fsp3) is 0.556. The van der Waals surface area contributed by atoms with E-state index in [1.165, 1.54) is 11.1 Å². The number of carboxylic acid groups (broad SMARTS) is 1. The molecule has 45 heavy (non-hydrogen) atoms. The van der Waals surface area contributed by atoms with Crippen LogP contribution >= 0.6 is 0 Å². The quantitative estimate of drug-likeness (QED) is 0.287. The molecule has 1 atom stereocenters. The van der Waals surface area contributed by atoms with E-state index in [4.69, 9.17) is 19.4 Å².